The fourth-order valence-electron chi connectivity index (χ4n) is 4.84. The first-order chi connectivity index (χ1) is 9.75. The number of nitrogens with zero attached hydrogens (tertiary/aromatic N) is 1. The van der Waals surface area contributed by atoms with Crippen LogP contribution >= 0.6 is 0 Å². The van der Waals surface area contributed by atoms with Crippen molar-refractivity contribution in [3.63, 3.8) is 0 Å². The summed E-state index contributed by atoms with van der Waals surface area (Å²) in [4.78, 5) is 4.67. The second kappa shape index (κ2) is 4.54. The molecule has 3 unspecified atom stereocenters. The minimum Gasteiger partial charge on any atom is -0.375 e. The molecule has 2 N–H and O–H groups in total. The monoisotopic (exact) mass is 272 g/mol. The van der Waals surface area contributed by atoms with Crippen molar-refractivity contribution < 1.29 is 4.74 Å². The molecule has 3 nitrogen and oxygen atoms in total. The molecule has 2 saturated carbocycles. The Kier molecular flexibility index (Phi) is 2.90. The maximum Gasteiger partial charge on any atom is 0.0697 e. The van der Waals surface area contributed by atoms with Crippen molar-refractivity contribution in [2.75, 3.05) is 13.2 Å². The highest BCUT2D eigenvalue weighted by molar-refractivity contribution is 5.22. The van der Waals surface area contributed by atoms with E-state index < -0.39 is 0 Å². The van der Waals surface area contributed by atoms with E-state index in [0.717, 1.165) is 44.2 Å². The lowest BCUT2D eigenvalue weighted by Crippen LogP contribution is -2.48. The van der Waals surface area contributed by atoms with E-state index in [-0.39, 0.29) is 11.0 Å². The summed E-state index contributed by atoms with van der Waals surface area (Å²) in [7, 11) is 0. The zero-order valence-electron chi connectivity index (χ0n) is 12.1. The summed E-state index contributed by atoms with van der Waals surface area (Å²) in [5, 5.41) is 0. The molecule has 4 rings (SSSR count). The second-order valence-corrected chi connectivity index (χ2v) is 7.16. The van der Waals surface area contributed by atoms with Gasteiger partial charge in [0.1, 0.15) is 0 Å². The Labute approximate surface area is 120 Å². The highest BCUT2D eigenvalue weighted by Crippen LogP contribution is 2.61. The third kappa shape index (κ3) is 1.99. The van der Waals surface area contributed by atoms with E-state index in [1.165, 1.54) is 25.0 Å². The first-order valence-electron chi connectivity index (χ1n) is 8.01. The van der Waals surface area contributed by atoms with Gasteiger partial charge in [-0.15, -0.1) is 0 Å². The van der Waals surface area contributed by atoms with E-state index in [1.54, 1.807) is 0 Å². The normalized spacial score (nSPS) is 42.6. The smallest absolute Gasteiger partial charge is 0.0697 e. The fourth-order valence-corrected chi connectivity index (χ4v) is 4.84. The van der Waals surface area contributed by atoms with Crippen molar-refractivity contribution in [1.82, 2.24) is 4.98 Å². The van der Waals surface area contributed by atoms with E-state index in [0.29, 0.717) is 0 Å². The van der Waals surface area contributed by atoms with E-state index in [2.05, 4.69) is 17.1 Å². The lowest BCUT2D eigenvalue weighted by molar-refractivity contribution is -0.110. The van der Waals surface area contributed by atoms with Gasteiger partial charge in [-0.2, -0.15) is 0 Å². The Morgan fingerprint density at radius 3 is 2.85 bits per heavy atom. The average molecular weight is 272 g/mol. The molecule has 3 heteroatoms. The Bertz CT molecular complexity index is 475. The van der Waals surface area contributed by atoms with Crippen LogP contribution in [0.15, 0.2) is 24.4 Å². The minimum atomic E-state index is 0.137. The number of pyridine rings is 1. The van der Waals surface area contributed by atoms with Crippen LogP contribution in [-0.2, 0) is 10.2 Å². The van der Waals surface area contributed by atoms with Gasteiger partial charge in [0, 0.05) is 23.9 Å². The highest BCUT2D eigenvalue weighted by Gasteiger charge is 2.58. The Morgan fingerprint density at radius 2 is 2.15 bits per heavy atom. The molecule has 0 radical (unpaired) electrons. The van der Waals surface area contributed by atoms with Gasteiger partial charge in [0.25, 0.3) is 0 Å². The summed E-state index contributed by atoms with van der Waals surface area (Å²) in [5.41, 5.74) is 7.45. The van der Waals surface area contributed by atoms with Crippen LogP contribution in [0.1, 0.15) is 44.2 Å². The van der Waals surface area contributed by atoms with Gasteiger partial charge < -0.3 is 10.5 Å². The van der Waals surface area contributed by atoms with Crippen molar-refractivity contribution in [2.45, 2.75) is 49.5 Å². The first kappa shape index (κ1) is 12.8. The molecular formula is C17H24N2O. The van der Waals surface area contributed by atoms with Crippen molar-refractivity contribution in [1.29, 1.82) is 0 Å². The number of rotatable bonds is 3. The zero-order valence-corrected chi connectivity index (χ0v) is 12.1. The summed E-state index contributed by atoms with van der Waals surface area (Å²) >= 11 is 0. The van der Waals surface area contributed by atoms with Crippen molar-refractivity contribution in [2.24, 2.45) is 17.6 Å². The summed E-state index contributed by atoms with van der Waals surface area (Å²) in [6, 6.07) is 6.29. The maximum absolute atomic E-state index is 6.28. The van der Waals surface area contributed by atoms with Gasteiger partial charge in [0.2, 0.25) is 0 Å². The number of aromatic nitrogens is 1. The van der Waals surface area contributed by atoms with Crippen LogP contribution in [0, 0.1) is 11.8 Å². The summed E-state index contributed by atoms with van der Waals surface area (Å²) in [6.45, 7) is 1.61. The molecule has 1 spiro atoms. The molecule has 1 aromatic rings. The van der Waals surface area contributed by atoms with Gasteiger partial charge in [0.15, 0.2) is 0 Å². The standard InChI is InChI=1S/C17H24N2O/c18-6-4-16(15-3-1-2-7-19-15)5-8-20-17(12-16)10-13-9-14(13)11-17/h1-3,7,13-14H,4-6,8-12,18H2. The molecule has 0 amide bonds. The predicted molar refractivity (Wildman–Crippen MR) is 78.3 cm³/mol. The lowest BCUT2D eigenvalue weighted by atomic mass is 9.67. The van der Waals surface area contributed by atoms with Crippen LogP contribution in [0.2, 0.25) is 0 Å². The lowest BCUT2D eigenvalue weighted by Gasteiger charge is -2.47. The van der Waals surface area contributed by atoms with E-state index in [1.807, 2.05) is 12.3 Å². The Hall–Kier alpha value is -0.930. The molecular weight excluding hydrogens is 248 g/mol. The van der Waals surface area contributed by atoms with Gasteiger partial charge in [-0.25, -0.2) is 0 Å². The van der Waals surface area contributed by atoms with Crippen LogP contribution in [0.5, 0.6) is 0 Å². The number of hydrogen-bond acceptors (Lipinski definition) is 3. The molecule has 2 heterocycles. The Balaban J connectivity index is 1.65. The molecule has 1 aliphatic heterocycles. The molecule has 0 bridgehead atoms. The van der Waals surface area contributed by atoms with Gasteiger partial charge in [-0.1, -0.05) is 6.07 Å². The van der Waals surface area contributed by atoms with E-state index >= 15 is 0 Å². The molecule has 1 aromatic heterocycles. The third-order valence-corrected chi connectivity index (χ3v) is 5.82. The fraction of sp³-hybridized carbons (Fsp3) is 0.706. The molecule has 20 heavy (non-hydrogen) atoms. The first-order valence-corrected chi connectivity index (χ1v) is 8.01. The average Bonchev–Trinajstić information content (AvgIpc) is 3.08. The number of fused-ring (bicyclic) bond motifs is 1. The van der Waals surface area contributed by atoms with Crippen LogP contribution in [0.3, 0.4) is 0 Å². The summed E-state index contributed by atoms with van der Waals surface area (Å²) in [5.74, 6) is 1.90. The molecule has 3 atom stereocenters. The second-order valence-electron chi connectivity index (χ2n) is 7.16. The van der Waals surface area contributed by atoms with Crippen LogP contribution in [-0.4, -0.2) is 23.7 Å². The van der Waals surface area contributed by atoms with Crippen LogP contribution in [0.4, 0.5) is 0 Å². The molecule has 3 aliphatic rings. The van der Waals surface area contributed by atoms with Crippen LogP contribution < -0.4 is 5.73 Å². The van der Waals surface area contributed by atoms with Gasteiger partial charge in [0.05, 0.1) is 5.60 Å². The predicted octanol–water partition coefficient (Wildman–Crippen LogP) is 2.65. The summed E-state index contributed by atoms with van der Waals surface area (Å²) < 4.78 is 6.28. The molecule has 2 aliphatic carbocycles. The minimum absolute atomic E-state index is 0.137. The van der Waals surface area contributed by atoms with E-state index in [4.69, 9.17) is 10.5 Å². The summed E-state index contributed by atoms with van der Waals surface area (Å²) in [6.07, 6.45) is 9.14. The highest BCUT2D eigenvalue weighted by atomic mass is 16.5. The van der Waals surface area contributed by atoms with Gasteiger partial charge in [-0.05, 0) is 69.0 Å². The quantitative estimate of drug-likeness (QED) is 0.920. The maximum atomic E-state index is 6.28. The van der Waals surface area contributed by atoms with Crippen molar-refractivity contribution in [3.05, 3.63) is 30.1 Å². The molecule has 0 aromatic carbocycles. The van der Waals surface area contributed by atoms with Gasteiger partial charge in [-0.3, -0.25) is 4.98 Å². The molecule has 1 saturated heterocycles. The number of nitrogens with two attached hydrogens (primary N) is 1. The molecule has 108 valence electrons. The van der Waals surface area contributed by atoms with Crippen LogP contribution in [0.25, 0.3) is 0 Å². The van der Waals surface area contributed by atoms with Crippen molar-refractivity contribution in [3.8, 4) is 0 Å². The zero-order chi connectivity index (χ0) is 13.6. The Morgan fingerprint density at radius 1 is 1.30 bits per heavy atom. The van der Waals surface area contributed by atoms with Gasteiger partial charge >= 0.3 is 0 Å². The SMILES string of the molecule is NCCC1(c2ccccn2)CCOC2(CC3CC3C2)C1. The number of hydrogen-bond donors (Lipinski definition) is 1. The third-order valence-electron chi connectivity index (χ3n) is 5.82. The molecule has 3 fully saturated rings. The topological polar surface area (TPSA) is 48.1 Å². The largest absolute Gasteiger partial charge is 0.375 e. The van der Waals surface area contributed by atoms with E-state index in [9.17, 15) is 0 Å². The van der Waals surface area contributed by atoms with Crippen molar-refractivity contribution >= 4 is 0 Å². The number of ether oxygens (including phenoxy) is 1.